The first-order valence-electron chi connectivity index (χ1n) is 5.93. The summed E-state index contributed by atoms with van der Waals surface area (Å²) in [7, 11) is 3.08. The number of carbonyl (C=O) groups is 2. The van der Waals surface area contributed by atoms with Crippen LogP contribution in [0.2, 0.25) is 0 Å². The third-order valence-electron chi connectivity index (χ3n) is 3.29. The summed E-state index contributed by atoms with van der Waals surface area (Å²) in [5.41, 5.74) is 0.497. The summed E-state index contributed by atoms with van der Waals surface area (Å²) in [5, 5.41) is 0. The van der Waals surface area contributed by atoms with Crippen molar-refractivity contribution in [1.82, 2.24) is 0 Å². The van der Waals surface area contributed by atoms with E-state index in [1.807, 2.05) is 0 Å². The Morgan fingerprint density at radius 3 is 2.61 bits per heavy atom. The lowest BCUT2D eigenvalue weighted by Gasteiger charge is -2.12. The summed E-state index contributed by atoms with van der Waals surface area (Å²) in [5.74, 6) is 1.06. The van der Waals surface area contributed by atoms with Gasteiger partial charge in [0.05, 0.1) is 19.8 Å². The van der Waals surface area contributed by atoms with Crippen molar-refractivity contribution in [3.8, 4) is 11.5 Å². The fourth-order valence-electron chi connectivity index (χ4n) is 2.26. The molecule has 18 heavy (non-hydrogen) atoms. The third kappa shape index (κ3) is 2.37. The molecule has 1 saturated carbocycles. The molecule has 0 aliphatic heterocycles. The number of rotatable bonds is 4. The van der Waals surface area contributed by atoms with E-state index in [0.29, 0.717) is 36.3 Å². The van der Waals surface area contributed by atoms with Crippen molar-refractivity contribution in [3.05, 3.63) is 23.8 Å². The first-order chi connectivity index (χ1) is 8.65. The monoisotopic (exact) mass is 248 g/mol. The van der Waals surface area contributed by atoms with Gasteiger partial charge in [-0.2, -0.15) is 0 Å². The molecule has 1 aromatic carbocycles. The zero-order valence-corrected chi connectivity index (χ0v) is 10.6. The molecule has 0 amide bonds. The van der Waals surface area contributed by atoms with Gasteiger partial charge in [-0.1, -0.05) is 0 Å². The average Bonchev–Trinajstić information content (AvgIpc) is 2.83. The molecular formula is C14H16O4. The maximum Gasteiger partial charge on any atom is 0.170 e. The number of carbonyl (C=O) groups excluding carboxylic acids is 2. The summed E-state index contributed by atoms with van der Waals surface area (Å²) >= 11 is 0. The fraction of sp³-hybridized carbons (Fsp3) is 0.429. The molecule has 0 aromatic heterocycles. The highest BCUT2D eigenvalue weighted by Gasteiger charge is 2.30. The molecule has 0 heterocycles. The predicted octanol–water partition coefficient (Wildman–Crippen LogP) is 2.26. The van der Waals surface area contributed by atoms with Crippen LogP contribution >= 0.6 is 0 Å². The lowest BCUT2D eigenvalue weighted by Crippen LogP contribution is -2.13. The maximum atomic E-state index is 12.4. The van der Waals surface area contributed by atoms with Crippen LogP contribution in [0.1, 0.15) is 29.6 Å². The molecule has 2 rings (SSSR count). The molecule has 4 nitrogen and oxygen atoms in total. The van der Waals surface area contributed by atoms with Gasteiger partial charge in [0.2, 0.25) is 0 Å². The van der Waals surface area contributed by atoms with Gasteiger partial charge in [0.15, 0.2) is 5.78 Å². The average molecular weight is 248 g/mol. The van der Waals surface area contributed by atoms with Crippen LogP contribution in [-0.4, -0.2) is 25.8 Å². The van der Waals surface area contributed by atoms with E-state index in [1.165, 1.54) is 7.11 Å². The Kier molecular flexibility index (Phi) is 3.65. The second-order valence-corrected chi connectivity index (χ2v) is 4.41. The predicted molar refractivity (Wildman–Crippen MR) is 66.2 cm³/mol. The van der Waals surface area contributed by atoms with Gasteiger partial charge in [-0.05, 0) is 24.6 Å². The molecule has 1 atom stereocenters. The molecule has 0 bridgehead atoms. The van der Waals surface area contributed by atoms with Crippen LogP contribution in [0.5, 0.6) is 11.5 Å². The molecule has 0 spiro atoms. The Hall–Kier alpha value is -1.84. The van der Waals surface area contributed by atoms with E-state index in [0.717, 1.165) is 0 Å². The summed E-state index contributed by atoms with van der Waals surface area (Å²) in [6.45, 7) is 0. The largest absolute Gasteiger partial charge is 0.497 e. The van der Waals surface area contributed by atoms with E-state index in [1.54, 1.807) is 25.3 Å². The van der Waals surface area contributed by atoms with Crippen molar-refractivity contribution in [2.24, 2.45) is 5.92 Å². The normalized spacial score (nSPS) is 18.8. The summed E-state index contributed by atoms with van der Waals surface area (Å²) < 4.78 is 10.3. The Balaban J connectivity index is 2.30. The molecule has 1 fully saturated rings. The SMILES string of the molecule is COc1ccc(OC)c(C(=O)C2CCC(=O)C2)c1. The second kappa shape index (κ2) is 5.21. The summed E-state index contributed by atoms with van der Waals surface area (Å²) in [6, 6.07) is 5.13. The highest BCUT2D eigenvalue weighted by Crippen LogP contribution is 2.31. The van der Waals surface area contributed by atoms with E-state index in [9.17, 15) is 9.59 Å². The number of ketones is 2. The van der Waals surface area contributed by atoms with Crippen molar-refractivity contribution >= 4 is 11.6 Å². The topological polar surface area (TPSA) is 52.6 Å². The van der Waals surface area contributed by atoms with Crippen LogP contribution in [0, 0.1) is 5.92 Å². The highest BCUT2D eigenvalue weighted by atomic mass is 16.5. The molecule has 0 N–H and O–H groups in total. The van der Waals surface area contributed by atoms with Gasteiger partial charge in [-0.25, -0.2) is 0 Å². The van der Waals surface area contributed by atoms with E-state index in [2.05, 4.69) is 0 Å². The van der Waals surface area contributed by atoms with Crippen LogP contribution in [0.4, 0.5) is 0 Å². The molecule has 1 aliphatic carbocycles. The smallest absolute Gasteiger partial charge is 0.170 e. The second-order valence-electron chi connectivity index (χ2n) is 4.41. The maximum absolute atomic E-state index is 12.4. The van der Waals surface area contributed by atoms with Crippen molar-refractivity contribution in [1.29, 1.82) is 0 Å². The summed E-state index contributed by atoms with van der Waals surface area (Å²) in [4.78, 5) is 23.6. The third-order valence-corrected chi connectivity index (χ3v) is 3.29. The number of methoxy groups -OCH3 is 2. The van der Waals surface area contributed by atoms with Gasteiger partial charge in [0.1, 0.15) is 17.3 Å². The van der Waals surface area contributed by atoms with Crippen molar-refractivity contribution < 1.29 is 19.1 Å². The first kappa shape index (κ1) is 12.6. The first-order valence-corrected chi connectivity index (χ1v) is 5.93. The van der Waals surface area contributed by atoms with Crippen LogP contribution in [0.3, 0.4) is 0 Å². The quantitative estimate of drug-likeness (QED) is 0.767. The van der Waals surface area contributed by atoms with Crippen molar-refractivity contribution in [3.63, 3.8) is 0 Å². The number of hydrogen-bond acceptors (Lipinski definition) is 4. The molecular weight excluding hydrogens is 232 g/mol. The number of ether oxygens (including phenoxy) is 2. The van der Waals surface area contributed by atoms with Crippen LogP contribution in [0.25, 0.3) is 0 Å². The van der Waals surface area contributed by atoms with E-state index in [4.69, 9.17) is 9.47 Å². The lowest BCUT2D eigenvalue weighted by molar-refractivity contribution is -0.117. The van der Waals surface area contributed by atoms with Gasteiger partial charge >= 0.3 is 0 Å². The van der Waals surface area contributed by atoms with E-state index >= 15 is 0 Å². The summed E-state index contributed by atoms with van der Waals surface area (Å²) in [6.07, 6.45) is 1.49. The van der Waals surface area contributed by atoms with E-state index in [-0.39, 0.29) is 17.5 Å². The van der Waals surface area contributed by atoms with Gasteiger partial charge in [0.25, 0.3) is 0 Å². The van der Waals surface area contributed by atoms with Gasteiger partial charge in [-0.3, -0.25) is 9.59 Å². The van der Waals surface area contributed by atoms with Crippen LogP contribution in [-0.2, 0) is 4.79 Å². The van der Waals surface area contributed by atoms with Gasteiger partial charge < -0.3 is 9.47 Å². The minimum atomic E-state index is -0.210. The Morgan fingerprint density at radius 1 is 1.28 bits per heavy atom. The van der Waals surface area contributed by atoms with Crippen molar-refractivity contribution in [2.75, 3.05) is 14.2 Å². The zero-order chi connectivity index (χ0) is 13.1. The molecule has 4 heteroatoms. The minimum absolute atomic E-state index is 0.0309. The molecule has 96 valence electrons. The van der Waals surface area contributed by atoms with Gasteiger partial charge in [0, 0.05) is 18.8 Å². The van der Waals surface area contributed by atoms with E-state index < -0.39 is 0 Å². The highest BCUT2D eigenvalue weighted by molar-refractivity contribution is 6.03. The fourth-order valence-corrected chi connectivity index (χ4v) is 2.26. The molecule has 1 aliphatic rings. The van der Waals surface area contributed by atoms with Crippen molar-refractivity contribution in [2.45, 2.75) is 19.3 Å². The van der Waals surface area contributed by atoms with Crippen LogP contribution in [0.15, 0.2) is 18.2 Å². The van der Waals surface area contributed by atoms with Gasteiger partial charge in [-0.15, -0.1) is 0 Å². The lowest BCUT2D eigenvalue weighted by atomic mass is 9.95. The number of hydrogen-bond donors (Lipinski definition) is 0. The number of benzene rings is 1. The Labute approximate surface area is 106 Å². The Bertz CT molecular complexity index is 479. The molecule has 0 radical (unpaired) electrons. The van der Waals surface area contributed by atoms with Crippen LogP contribution < -0.4 is 9.47 Å². The standard InChI is InChI=1S/C14H16O4/c1-17-11-5-6-13(18-2)12(8-11)14(16)9-3-4-10(15)7-9/h5-6,8-9H,3-4,7H2,1-2H3. The Morgan fingerprint density at radius 2 is 2.06 bits per heavy atom. The zero-order valence-electron chi connectivity index (χ0n) is 10.6. The molecule has 0 saturated heterocycles. The molecule has 1 unspecified atom stereocenters. The molecule has 1 aromatic rings. The number of Topliss-reactive ketones (excluding diaryl/α,β-unsaturated/α-hetero) is 2. The minimum Gasteiger partial charge on any atom is -0.497 e.